The van der Waals surface area contributed by atoms with Crippen molar-refractivity contribution in [3.63, 3.8) is 0 Å². The molecular weight excluding hydrogens is 284 g/mol. The Labute approximate surface area is 135 Å². The predicted molar refractivity (Wildman–Crippen MR) is 91.8 cm³/mol. The molecule has 0 heterocycles. The molecule has 0 saturated heterocycles. The van der Waals surface area contributed by atoms with Crippen LogP contribution in [0.3, 0.4) is 0 Å². The van der Waals surface area contributed by atoms with Gasteiger partial charge in [0.1, 0.15) is 0 Å². The van der Waals surface area contributed by atoms with E-state index in [0.29, 0.717) is 18.9 Å². The van der Waals surface area contributed by atoms with Gasteiger partial charge >= 0.3 is 0 Å². The third-order valence-corrected chi connectivity index (χ3v) is 3.47. The zero-order valence-corrected chi connectivity index (χ0v) is 14.4. The first-order valence-corrected chi connectivity index (χ1v) is 7.41. The van der Waals surface area contributed by atoms with Gasteiger partial charge < -0.3 is 11.1 Å². The van der Waals surface area contributed by atoms with Gasteiger partial charge in [0.2, 0.25) is 5.91 Å². The molecule has 0 aliphatic rings. The highest BCUT2D eigenvalue weighted by molar-refractivity contribution is 5.85. The molecule has 0 aliphatic carbocycles. The standard InChI is InChI=1S/C17H28N2O.ClH/c1-13(2)11-17(4,12-18)19-16(20)9-8-15-7-5-6-14(3)10-15;/h5-7,10,13H,8-9,11-12,18H2,1-4H3,(H,19,20);1H. The number of aryl methyl sites for hydroxylation is 2. The van der Waals surface area contributed by atoms with Crippen LogP contribution in [0.5, 0.6) is 0 Å². The fraction of sp³-hybridized carbons (Fsp3) is 0.588. The second-order valence-electron chi connectivity index (χ2n) is 6.40. The van der Waals surface area contributed by atoms with Gasteiger partial charge in [-0.1, -0.05) is 43.7 Å². The number of benzene rings is 1. The molecule has 0 aliphatic heterocycles. The van der Waals surface area contributed by atoms with Crippen molar-refractivity contribution in [2.45, 2.75) is 52.5 Å². The number of rotatable bonds is 7. The van der Waals surface area contributed by atoms with Crippen molar-refractivity contribution in [3.8, 4) is 0 Å². The molecule has 3 nitrogen and oxygen atoms in total. The van der Waals surface area contributed by atoms with Crippen molar-refractivity contribution in [3.05, 3.63) is 35.4 Å². The van der Waals surface area contributed by atoms with Crippen molar-refractivity contribution in [2.75, 3.05) is 6.54 Å². The van der Waals surface area contributed by atoms with E-state index in [1.54, 1.807) is 0 Å². The van der Waals surface area contributed by atoms with E-state index in [4.69, 9.17) is 5.73 Å². The summed E-state index contributed by atoms with van der Waals surface area (Å²) >= 11 is 0. The highest BCUT2D eigenvalue weighted by Crippen LogP contribution is 2.16. The summed E-state index contributed by atoms with van der Waals surface area (Å²) in [6, 6.07) is 8.29. The zero-order chi connectivity index (χ0) is 15.2. The summed E-state index contributed by atoms with van der Waals surface area (Å²) in [6.07, 6.45) is 2.19. The summed E-state index contributed by atoms with van der Waals surface area (Å²) in [5, 5.41) is 3.10. The van der Waals surface area contributed by atoms with Crippen LogP contribution in [0, 0.1) is 12.8 Å². The Morgan fingerprint density at radius 1 is 1.38 bits per heavy atom. The Morgan fingerprint density at radius 2 is 2.05 bits per heavy atom. The van der Waals surface area contributed by atoms with E-state index in [2.05, 4.69) is 44.3 Å². The minimum absolute atomic E-state index is 0. The van der Waals surface area contributed by atoms with Crippen molar-refractivity contribution in [2.24, 2.45) is 11.7 Å². The fourth-order valence-corrected chi connectivity index (χ4v) is 2.61. The largest absolute Gasteiger partial charge is 0.350 e. The number of carbonyl (C=O) groups excluding carboxylic acids is 1. The maximum absolute atomic E-state index is 12.1. The Balaban J connectivity index is 0.00000400. The van der Waals surface area contributed by atoms with E-state index in [0.717, 1.165) is 12.8 Å². The number of halogens is 1. The lowest BCUT2D eigenvalue weighted by Gasteiger charge is -2.31. The molecule has 3 N–H and O–H groups in total. The molecule has 0 saturated carbocycles. The van der Waals surface area contributed by atoms with Crippen LogP contribution < -0.4 is 11.1 Å². The molecule has 120 valence electrons. The van der Waals surface area contributed by atoms with Gasteiger partial charge in [0.15, 0.2) is 0 Å². The average molecular weight is 313 g/mol. The molecule has 1 unspecified atom stereocenters. The monoisotopic (exact) mass is 312 g/mol. The quantitative estimate of drug-likeness (QED) is 0.812. The van der Waals surface area contributed by atoms with E-state index in [1.807, 2.05) is 13.0 Å². The summed E-state index contributed by atoms with van der Waals surface area (Å²) in [5.74, 6) is 0.598. The molecule has 0 radical (unpaired) electrons. The van der Waals surface area contributed by atoms with Crippen molar-refractivity contribution in [1.82, 2.24) is 5.32 Å². The fourth-order valence-electron chi connectivity index (χ4n) is 2.61. The lowest BCUT2D eigenvalue weighted by Crippen LogP contribution is -2.52. The third kappa shape index (κ3) is 7.49. The van der Waals surface area contributed by atoms with Gasteiger partial charge in [-0.25, -0.2) is 0 Å². The van der Waals surface area contributed by atoms with Crippen LogP contribution in [-0.2, 0) is 11.2 Å². The molecule has 1 rings (SSSR count). The molecule has 0 spiro atoms. The second-order valence-corrected chi connectivity index (χ2v) is 6.40. The Bertz CT molecular complexity index is 448. The van der Waals surface area contributed by atoms with E-state index in [1.165, 1.54) is 11.1 Å². The molecular formula is C17H29ClN2O. The van der Waals surface area contributed by atoms with Gasteiger partial charge in [-0.3, -0.25) is 4.79 Å². The van der Waals surface area contributed by atoms with Crippen molar-refractivity contribution < 1.29 is 4.79 Å². The number of carbonyl (C=O) groups is 1. The number of amides is 1. The van der Waals surface area contributed by atoms with E-state index in [-0.39, 0.29) is 23.9 Å². The molecule has 21 heavy (non-hydrogen) atoms. The van der Waals surface area contributed by atoms with Gasteiger partial charge in [0, 0.05) is 18.5 Å². The summed E-state index contributed by atoms with van der Waals surface area (Å²) in [7, 11) is 0. The Hall–Kier alpha value is -1.06. The van der Waals surface area contributed by atoms with Gasteiger partial charge in [0.25, 0.3) is 0 Å². The number of nitrogens with one attached hydrogen (secondary N) is 1. The van der Waals surface area contributed by atoms with Crippen LogP contribution in [0.1, 0.15) is 44.7 Å². The average Bonchev–Trinajstić information content (AvgIpc) is 2.35. The van der Waals surface area contributed by atoms with Gasteiger partial charge in [-0.05, 0) is 38.2 Å². The molecule has 1 amide bonds. The highest BCUT2D eigenvalue weighted by atomic mass is 35.5. The summed E-state index contributed by atoms with van der Waals surface area (Å²) in [5.41, 5.74) is 7.96. The summed E-state index contributed by atoms with van der Waals surface area (Å²) < 4.78 is 0. The molecule has 1 atom stereocenters. The molecule has 4 heteroatoms. The molecule has 1 aromatic carbocycles. The lowest BCUT2D eigenvalue weighted by molar-refractivity contribution is -0.122. The lowest BCUT2D eigenvalue weighted by atomic mass is 9.90. The van der Waals surface area contributed by atoms with Gasteiger partial charge in [-0.2, -0.15) is 0 Å². The first-order valence-electron chi connectivity index (χ1n) is 7.41. The SMILES string of the molecule is Cc1cccc(CCC(=O)NC(C)(CN)CC(C)C)c1.Cl. The van der Waals surface area contributed by atoms with E-state index in [9.17, 15) is 4.79 Å². The van der Waals surface area contributed by atoms with Crippen LogP contribution in [-0.4, -0.2) is 18.0 Å². The van der Waals surface area contributed by atoms with Crippen molar-refractivity contribution >= 4 is 18.3 Å². The van der Waals surface area contributed by atoms with Gasteiger partial charge in [-0.15, -0.1) is 12.4 Å². The first-order chi connectivity index (χ1) is 9.34. The predicted octanol–water partition coefficient (Wildman–Crippen LogP) is 3.23. The van der Waals surface area contributed by atoms with Crippen LogP contribution >= 0.6 is 12.4 Å². The summed E-state index contributed by atoms with van der Waals surface area (Å²) in [6.45, 7) is 8.86. The molecule has 0 fully saturated rings. The minimum atomic E-state index is -0.294. The maximum Gasteiger partial charge on any atom is 0.220 e. The highest BCUT2D eigenvalue weighted by Gasteiger charge is 2.25. The second kappa shape index (κ2) is 9.06. The van der Waals surface area contributed by atoms with E-state index >= 15 is 0 Å². The maximum atomic E-state index is 12.1. The molecule has 0 aromatic heterocycles. The van der Waals surface area contributed by atoms with Crippen LogP contribution in [0.25, 0.3) is 0 Å². The van der Waals surface area contributed by atoms with Crippen LogP contribution in [0.4, 0.5) is 0 Å². The number of nitrogens with two attached hydrogens (primary N) is 1. The van der Waals surface area contributed by atoms with E-state index < -0.39 is 0 Å². The summed E-state index contributed by atoms with van der Waals surface area (Å²) in [4.78, 5) is 12.1. The molecule has 1 aromatic rings. The Kier molecular flexibility index (Phi) is 8.60. The minimum Gasteiger partial charge on any atom is -0.350 e. The topological polar surface area (TPSA) is 55.1 Å². The van der Waals surface area contributed by atoms with Gasteiger partial charge in [0.05, 0.1) is 0 Å². The first kappa shape index (κ1) is 19.9. The Morgan fingerprint density at radius 3 is 2.57 bits per heavy atom. The number of hydrogen-bond acceptors (Lipinski definition) is 2. The zero-order valence-electron chi connectivity index (χ0n) is 13.6. The molecule has 0 bridgehead atoms. The smallest absolute Gasteiger partial charge is 0.220 e. The third-order valence-electron chi connectivity index (χ3n) is 3.47. The number of hydrogen-bond donors (Lipinski definition) is 2. The van der Waals surface area contributed by atoms with Crippen LogP contribution in [0.15, 0.2) is 24.3 Å². The normalized spacial score (nSPS) is 13.4. The van der Waals surface area contributed by atoms with Crippen LogP contribution in [0.2, 0.25) is 0 Å². The van der Waals surface area contributed by atoms with Crippen molar-refractivity contribution in [1.29, 1.82) is 0 Å².